The Kier molecular flexibility index (Phi) is 8.28. The van der Waals surface area contributed by atoms with Crippen LogP contribution in [0.5, 0.6) is 0 Å². The van der Waals surface area contributed by atoms with Crippen LogP contribution in [0.15, 0.2) is 41.2 Å². The fourth-order valence-corrected chi connectivity index (χ4v) is 4.07. The molecule has 1 fully saturated rings. The second kappa shape index (κ2) is 11.0. The average molecular weight is 495 g/mol. The highest BCUT2D eigenvalue weighted by Crippen LogP contribution is 2.32. The second-order valence-corrected chi connectivity index (χ2v) is 9.62. The Morgan fingerprint density at radius 1 is 1.26 bits per heavy atom. The molecule has 2 aromatic heterocycles. The lowest BCUT2D eigenvalue weighted by Crippen LogP contribution is -2.42. The lowest BCUT2D eigenvalue weighted by Gasteiger charge is -2.27. The maximum Gasteiger partial charge on any atom is 0.273 e. The van der Waals surface area contributed by atoms with Crippen LogP contribution in [0, 0.1) is 18.3 Å². The minimum absolute atomic E-state index is 0. The number of benzene rings is 1. The normalized spacial score (nSPS) is 15.7. The van der Waals surface area contributed by atoms with Gasteiger partial charge in [-0.3, -0.25) is 9.78 Å². The van der Waals surface area contributed by atoms with E-state index in [1.165, 1.54) is 0 Å². The summed E-state index contributed by atoms with van der Waals surface area (Å²) in [6.07, 6.45) is 3.45. The summed E-state index contributed by atoms with van der Waals surface area (Å²) >= 11 is 0. The van der Waals surface area contributed by atoms with E-state index in [-0.39, 0.29) is 35.5 Å². The zero-order valence-electron chi connectivity index (χ0n) is 20.4. The highest BCUT2D eigenvalue weighted by atomic mass is 35.5. The minimum Gasteiger partial charge on any atom is -0.360 e. The number of carbonyl (C=O) groups excluding carboxylic acids is 1. The lowest BCUT2D eigenvalue weighted by atomic mass is 9.90. The third-order valence-corrected chi connectivity index (χ3v) is 6.06. The largest absolute Gasteiger partial charge is 0.360 e. The first-order valence-electron chi connectivity index (χ1n) is 11.5. The van der Waals surface area contributed by atoms with E-state index >= 15 is 0 Å². The smallest absolute Gasteiger partial charge is 0.273 e. The number of aromatic nitrogens is 2. The van der Waals surface area contributed by atoms with Crippen LogP contribution < -0.4 is 16.0 Å². The minimum atomic E-state index is -0.276. The number of carbonyl (C=O) groups is 1. The fourth-order valence-electron chi connectivity index (χ4n) is 4.07. The van der Waals surface area contributed by atoms with E-state index in [1.807, 2.05) is 46.0 Å². The molecule has 1 amide bonds. The number of hydrogen-bond donors (Lipinski definition) is 3. The first-order valence-corrected chi connectivity index (χ1v) is 11.5. The number of pyridine rings is 1. The topological polar surface area (TPSA) is 116 Å². The average Bonchev–Trinajstić information content (AvgIpc) is 3.34. The van der Waals surface area contributed by atoms with E-state index in [0.717, 1.165) is 47.5 Å². The molecule has 0 spiro atoms. The standard InChI is InChI=1S/C26H30N6O2.ClH/c1-16-9-17(24-19(11-27)12-29-14-20(24)22-15-28-7-8-30-22)5-6-18(16)13-31-25(33)21-10-23(34-32-21)26(2,3)4;/h5-6,9-10,12,14,22,28,30H,7-8,13,15H2,1-4H3,(H,31,33);1H. The molecule has 1 aliphatic rings. The predicted octanol–water partition coefficient (Wildman–Crippen LogP) is 3.80. The van der Waals surface area contributed by atoms with Gasteiger partial charge in [0.25, 0.3) is 5.91 Å². The van der Waals surface area contributed by atoms with E-state index < -0.39 is 0 Å². The molecule has 0 radical (unpaired) electrons. The van der Waals surface area contributed by atoms with E-state index in [0.29, 0.717) is 17.9 Å². The van der Waals surface area contributed by atoms with Gasteiger partial charge < -0.3 is 20.5 Å². The van der Waals surface area contributed by atoms with Crippen LogP contribution >= 0.6 is 12.4 Å². The Labute approximate surface area is 211 Å². The SMILES string of the molecule is Cc1cc(-c2c(C#N)cncc2C2CNCCN2)ccc1CNC(=O)c1cc(C(C)(C)C)on1.Cl. The summed E-state index contributed by atoms with van der Waals surface area (Å²) in [5.74, 6) is 0.393. The van der Waals surface area contributed by atoms with Gasteiger partial charge in [0.2, 0.25) is 0 Å². The van der Waals surface area contributed by atoms with Crippen LogP contribution in [0.4, 0.5) is 0 Å². The van der Waals surface area contributed by atoms with Gasteiger partial charge in [0.05, 0.1) is 5.56 Å². The van der Waals surface area contributed by atoms with Crippen molar-refractivity contribution >= 4 is 18.3 Å². The van der Waals surface area contributed by atoms with Gasteiger partial charge in [0.15, 0.2) is 5.69 Å². The van der Waals surface area contributed by atoms with Crippen LogP contribution in [0.2, 0.25) is 0 Å². The quantitative estimate of drug-likeness (QED) is 0.494. The highest BCUT2D eigenvalue weighted by Gasteiger charge is 2.23. The molecule has 3 aromatic rings. The predicted molar refractivity (Wildman–Crippen MR) is 136 cm³/mol. The molecule has 0 aliphatic carbocycles. The Hall–Kier alpha value is -3.25. The molecule has 1 unspecified atom stereocenters. The number of nitrogens with one attached hydrogen (secondary N) is 3. The number of amides is 1. The molecule has 1 aromatic carbocycles. The van der Waals surface area contributed by atoms with Crippen molar-refractivity contribution in [2.75, 3.05) is 19.6 Å². The maximum atomic E-state index is 12.6. The molecular formula is C26H31ClN6O2. The van der Waals surface area contributed by atoms with Gasteiger partial charge >= 0.3 is 0 Å². The van der Waals surface area contributed by atoms with Gasteiger partial charge in [-0.1, -0.05) is 44.1 Å². The zero-order chi connectivity index (χ0) is 24.3. The van der Waals surface area contributed by atoms with Crippen LogP contribution in [0.25, 0.3) is 11.1 Å². The van der Waals surface area contributed by atoms with E-state index in [4.69, 9.17) is 4.52 Å². The summed E-state index contributed by atoms with van der Waals surface area (Å²) in [6.45, 7) is 11.0. The molecular weight excluding hydrogens is 464 g/mol. The number of nitriles is 1. The number of aryl methyl sites for hydroxylation is 1. The van der Waals surface area contributed by atoms with E-state index in [2.05, 4.69) is 38.2 Å². The fraction of sp³-hybridized carbons (Fsp3) is 0.385. The van der Waals surface area contributed by atoms with Crippen molar-refractivity contribution in [3.05, 3.63) is 70.4 Å². The molecule has 1 aliphatic heterocycles. The summed E-state index contributed by atoms with van der Waals surface area (Å²) < 4.78 is 5.32. The molecule has 0 saturated carbocycles. The van der Waals surface area contributed by atoms with Gasteiger partial charge in [-0.2, -0.15) is 5.26 Å². The van der Waals surface area contributed by atoms with E-state index in [9.17, 15) is 10.1 Å². The summed E-state index contributed by atoms with van der Waals surface area (Å²) in [6, 6.07) is 10.1. The molecule has 9 heteroatoms. The van der Waals surface area contributed by atoms with Gasteiger partial charge in [-0.05, 0) is 29.2 Å². The Balaban J connectivity index is 0.00000342. The van der Waals surface area contributed by atoms with E-state index in [1.54, 1.807) is 12.3 Å². The maximum absolute atomic E-state index is 12.6. The van der Waals surface area contributed by atoms with Crippen molar-refractivity contribution in [2.24, 2.45) is 0 Å². The summed E-state index contributed by atoms with van der Waals surface area (Å²) in [5, 5.41) is 23.5. The highest BCUT2D eigenvalue weighted by molar-refractivity contribution is 5.92. The van der Waals surface area contributed by atoms with Crippen molar-refractivity contribution in [2.45, 2.75) is 45.7 Å². The molecule has 184 valence electrons. The van der Waals surface area contributed by atoms with Gasteiger partial charge in [-0.15, -0.1) is 12.4 Å². The number of piperazine rings is 1. The van der Waals surface area contributed by atoms with Gasteiger partial charge in [0.1, 0.15) is 11.8 Å². The number of nitrogens with zero attached hydrogens (tertiary/aromatic N) is 3. The van der Waals surface area contributed by atoms with Crippen molar-refractivity contribution in [1.29, 1.82) is 5.26 Å². The molecule has 4 rings (SSSR count). The molecule has 3 N–H and O–H groups in total. The first kappa shape index (κ1) is 26.4. The first-order chi connectivity index (χ1) is 16.3. The summed E-state index contributed by atoms with van der Waals surface area (Å²) in [7, 11) is 0. The van der Waals surface area contributed by atoms with Crippen molar-refractivity contribution in [3.8, 4) is 17.2 Å². The van der Waals surface area contributed by atoms with Crippen molar-refractivity contribution in [1.82, 2.24) is 26.1 Å². The lowest BCUT2D eigenvalue weighted by molar-refractivity contribution is 0.0941. The van der Waals surface area contributed by atoms with Crippen LogP contribution in [-0.2, 0) is 12.0 Å². The number of hydrogen-bond acceptors (Lipinski definition) is 7. The summed E-state index contributed by atoms with van der Waals surface area (Å²) in [4.78, 5) is 16.9. The van der Waals surface area contributed by atoms with Crippen LogP contribution in [-0.4, -0.2) is 35.7 Å². The molecule has 8 nitrogen and oxygen atoms in total. The molecule has 1 saturated heterocycles. The third-order valence-electron chi connectivity index (χ3n) is 6.06. The van der Waals surface area contributed by atoms with Crippen molar-refractivity contribution < 1.29 is 9.32 Å². The van der Waals surface area contributed by atoms with Crippen molar-refractivity contribution in [3.63, 3.8) is 0 Å². The zero-order valence-corrected chi connectivity index (χ0v) is 21.3. The number of halogens is 1. The van der Waals surface area contributed by atoms with Gasteiger partial charge in [-0.25, -0.2) is 0 Å². The molecule has 35 heavy (non-hydrogen) atoms. The van der Waals surface area contributed by atoms with Crippen LogP contribution in [0.3, 0.4) is 0 Å². The molecule has 1 atom stereocenters. The summed E-state index contributed by atoms with van der Waals surface area (Å²) in [5.41, 5.74) is 5.48. The molecule has 0 bridgehead atoms. The van der Waals surface area contributed by atoms with Crippen LogP contribution in [0.1, 0.15) is 65.3 Å². The Bertz CT molecular complexity index is 1240. The number of rotatable bonds is 5. The molecule has 3 heterocycles. The Morgan fingerprint density at radius 2 is 2.06 bits per heavy atom. The Morgan fingerprint density at radius 3 is 2.69 bits per heavy atom. The monoisotopic (exact) mass is 494 g/mol. The third kappa shape index (κ3) is 5.88. The van der Waals surface area contributed by atoms with Gasteiger partial charge in [0, 0.05) is 61.7 Å². The second-order valence-electron chi connectivity index (χ2n) is 9.62.